The Hall–Kier alpha value is -1.16. The SMILES string of the molecule is CCSc1cccc(OC2CCCCCC2)c1C(=O)O. The minimum Gasteiger partial charge on any atom is -0.489 e. The Bertz CT molecular complexity index is 451. The van der Waals surface area contributed by atoms with Crippen molar-refractivity contribution in [2.45, 2.75) is 56.4 Å². The van der Waals surface area contributed by atoms with Crippen molar-refractivity contribution in [2.75, 3.05) is 5.75 Å². The molecule has 0 bridgehead atoms. The first-order valence-electron chi connectivity index (χ1n) is 7.38. The molecule has 3 nitrogen and oxygen atoms in total. The number of ether oxygens (including phenoxy) is 1. The fourth-order valence-corrected chi connectivity index (χ4v) is 3.45. The number of hydrogen-bond acceptors (Lipinski definition) is 3. The molecule has 1 N–H and O–H groups in total. The van der Waals surface area contributed by atoms with Gasteiger partial charge in [0.25, 0.3) is 0 Å². The fourth-order valence-electron chi connectivity index (χ4n) is 2.64. The molecule has 1 aromatic carbocycles. The van der Waals surface area contributed by atoms with Crippen LogP contribution < -0.4 is 4.74 Å². The van der Waals surface area contributed by atoms with Crippen molar-refractivity contribution in [3.63, 3.8) is 0 Å². The van der Waals surface area contributed by atoms with Gasteiger partial charge in [0.05, 0.1) is 6.10 Å². The van der Waals surface area contributed by atoms with Crippen molar-refractivity contribution in [3.05, 3.63) is 23.8 Å². The van der Waals surface area contributed by atoms with Crippen LogP contribution >= 0.6 is 11.8 Å². The Morgan fingerprint density at radius 3 is 2.60 bits per heavy atom. The van der Waals surface area contributed by atoms with Gasteiger partial charge in [-0.2, -0.15) is 0 Å². The summed E-state index contributed by atoms with van der Waals surface area (Å²) < 4.78 is 6.02. The standard InChI is InChI=1S/C16H22O3S/c1-2-20-14-11-7-10-13(15(14)16(17)18)19-12-8-5-3-4-6-9-12/h7,10-12H,2-6,8-9H2,1H3,(H,17,18). The van der Waals surface area contributed by atoms with Crippen LogP contribution in [-0.4, -0.2) is 22.9 Å². The number of aromatic carboxylic acids is 1. The summed E-state index contributed by atoms with van der Waals surface area (Å²) in [6, 6.07) is 5.53. The number of carboxylic acids is 1. The second-order valence-electron chi connectivity index (χ2n) is 5.10. The second kappa shape index (κ2) is 7.58. The highest BCUT2D eigenvalue weighted by atomic mass is 32.2. The largest absolute Gasteiger partial charge is 0.489 e. The maximum atomic E-state index is 11.5. The van der Waals surface area contributed by atoms with E-state index in [9.17, 15) is 9.90 Å². The Labute approximate surface area is 124 Å². The van der Waals surface area contributed by atoms with Crippen molar-refractivity contribution < 1.29 is 14.6 Å². The molecule has 1 aromatic rings. The molecule has 0 amide bonds. The van der Waals surface area contributed by atoms with Gasteiger partial charge in [-0.05, 0) is 43.6 Å². The van der Waals surface area contributed by atoms with Crippen LogP contribution in [0.25, 0.3) is 0 Å². The van der Waals surface area contributed by atoms with E-state index in [-0.39, 0.29) is 6.10 Å². The summed E-state index contributed by atoms with van der Waals surface area (Å²) in [5.41, 5.74) is 0.323. The van der Waals surface area contributed by atoms with Gasteiger partial charge in [-0.3, -0.25) is 0 Å². The summed E-state index contributed by atoms with van der Waals surface area (Å²) in [4.78, 5) is 12.3. The van der Waals surface area contributed by atoms with Crippen molar-refractivity contribution in [1.29, 1.82) is 0 Å². The number of benzene rings is 1. The normalized spacial score (nSPS) is 16.6. The molecule has 0 saturated heterocycles. The van der Waals surface area contributed by atoms with Crippen LogP contribution in [0.5, 0.6) is 5.75 Å². The molecule has 4 heteroatoms. The summed E-state index contributed by atoms with van der Waals surface area (Å²) >= 11 is 1.55. The maximum Gasteiger partial charge on any atom is 0.340 e. The molecular weight excluding hydrogens is 272 g/mol. The molecule has 0 atom stereocenters. The van der Waals surface area contributed by atoms with E-state index in [1.54, 1.807) is 17.8 Å². The highest BCUT2D eigenvalue weighted by Crippen LogP contribution is 2.32. The zero-order valence-electron chi connectivity index (χ0n) is 11.9. The molecule has 1 saturated carbocycles. The first-order chi connectivity index (χ1) is 9.72. The molecule has 110 valence electrons. The molecule has 0 unspecified atom stereocenters. The van der Waals surface area contributed by atoms with Crippen LogP contribution in [0.4, 0.5) is 0 Å². The van der Waals surface area contributed by atoms with Crippen molar-refractivity contribution in [1.82, 2.24) is 0 Å². The summed E-state index contributed by atoms with van der Waals surface area (Å²) in [5.74, 6) is 0.487. The van der Waals surface area contributed by atoms with Crippen molar-refractivity contribution in [3.8, 4) is 5.75 Å². The maximum absolute atomic E-state index is 11.5. The minimum atomic E-state index is -0.898. The lowest BCUT2D eigenvalue weighted by atomic mass is 10.1. The van der Waals surface area contributed by atoms with E-state index < -0.39 is 5.97 Å². The van der Waals surface area contributed by atoms with E-state index in [1.807, 2.05) is 19.1 Å². The average Bonchev–Trinajstić information content (AvgIpc) is 2.67. The lowest BCUT2D eigenvalue weighted by molar-refractivity contribution is 0.0683. The number of carboxylic acid groups (broad SMARTS) is 1. The Balaban J connectivity index is 2.21. The van der Waals surface area contributed by atoms with Crippen LogP contribution in [0.15, 0.2) is 23.1 Å². The molecule has 1 aliphatic carbocycles. The Kier molecular flexibility index (Phi) is 5.77. The van der Waals surface area contributed by atoms with Gasteiger partial charge >= 0.3 is 5.97 Å². The van der Waals surface area contributed by atoms with Gasteiger partial charge in [0.1, 0.15) is 11.3 Å². The predicted molar refractivity (Wildman–Crippen MR) is 81.9 cm³/mol. The molecular formula is C16H22O3S. The van der Waals surface area contributed by atoms with Gasteiger partial charge in [-0.15, -0.1) is 11.8 Å². The molecule has 1 aliphatic rings. The van der Waals surface area contributed by atoms with Crippen LogP contribution in [0.3, 0.4) is 0 Å². The predicted octanol–water partition coefficient (Wildman–Crippen LogP) is 4.60. The smallest absolute Gasteiger partial charge is 0.340 e. The Morgan fingerprint density at radius 2 is 2.00 bits per heavy atom. The summed E-state index contributed by atoms with van der Waals surface area (Å²) in [5, 5.41) is 9.46. The first-order valence-corrected chi connectivity index (χ1v) is 8.36. The first kappa shape index (κ1) is 15.2. The van der Waals surface area contributed by atoms with E-state index in [0.717, 1.165) is 23.5 Å². The van der Waals surface area contributed by atoms with Gasteiger partial charge in [0, 0.05) is 4.90 Å². The van der Waals surface area contributed by atoms with Gasteiger partial charge in [-0.25, -0.2) is 4.79 Å². The minimum absolute atomic E-state index is 0.164. The summed E-state index contributed by atoms with van der Waals surface area (Å²) in [6.45, 7) is 2.02. The summed E-state index contributed by atoms with van der Waals surface area (Å²) in [6.07, 6.45) is 7.10. The molecule has 0 aromatic heterocycles. The number of hydrogen-bond donors (Lipinski definition) is 1. The van der Waals surface area contributed by atoms with E-state index in [2.05, 4.69) is 0 Å². The van der Waals surface area contributed by atoms with Crippen molar-refractivity contribution in [2.24, 2.45) is 0 Å². The number of thioether (sulfide) groups is 1. The van der Waals surface area contributed by atoms with Crippen molar-refractivity contribution >= 4 is 17.7 Å². The molecule has 1 fully saturated rings. The highest BCUT2D eigenvalue weighted by Gasteiger charge is 2.20. The third-order valence-electron chi connectivity index (χ3n) is 3.60. The molecule has 20 heavy (non-hydrogen) atoms. The summed E-state index contributed by atoms with van der Waals surface area (Å²) in [7, 11) is 0. The quantitative estimate of drug-likeness (QED) is 0.637. The molecule has 2 rings (SSSR count). The third kappa shape index (κ3) is 3.92. The Morgan fingerprint density at radius 1 is 1.30 bits per heavy atom. The van der Waals surface area contributed by atoms with Crippen LogP contribution in [0, 0.1) is 0 Å². The second-order valence-corrected chi connectivity index (χ2v) is 6.40. The monoisotopic (exact) mass is 294 g/mol. The van der Waals surface area contributed by atoms with Gasteiger partial charge < -0.3 is 9.84 Å². The third-order valence-corrected chi connectivity index (χ3v) is 4.54. The molecule has 0 radical (unpaired) electrons. The van der Waals surface area contributed by atoms with Gasteiger partial charge in [0.15, 0.2) is 0 Å². The molecule has 0 aliphatic heterocycles. The zero-order valence-corrected chi connectivity index (χ0v) is 12.7. The van der Waals surface area contributed by atoms with Gasteiger partial charge in [0.2, 0.25) is 0 Å². The fraction of sp³-hybridized carbons (Fsp3) is 0.562. The average molecular weight is 294 g/mol. The van der Waals surface area contributed by atoms with E-state index >= 15 is 0 Å². The lowest BCUT2D eigenvalue weighted by Gasteiger charge is -2.19. The topological polar surface area (TPSA) is 46.5 Å². The molecule has 0 spiro atoms. The van der Waals surface area contributed by atoms with E-state index in [0.29, 0.717) is 11.3 Å². The van der Waals surface area contributed by atoms with Crippen LogP contribution in [0.1, 0.15) is 55.8 Å². The van der Waals surface area contributed by atoms with Gasteiger partial charge in [-0.1, -0.05) is 25.8 Å². The number of rotatable bonds is 5. The van der Waals surface area contributed by atoms with Crippen LogP contribution in [-0.2, 0) is 0 Å². The highest BCUT2D eigenvalue weighted by molar-refractivity contribution is 7.99. The van der Waals surface area contributed by atoms with Crippen LogP contribution in [0.2, 0.25) is 0 Å². The lowest BCUT2D eigenvalue weighted by Crippen LogP contribution is -2.17. The molecule has 0 heterocycles. The number of carbonyl (C=O) groups is 1. The van der Waals surface area contributed by atoms with E-state index in [1.165, 1.54) is 25.7 Å². The zero-order chi connectivity index (χ0) is 14.4. The van der Waals surface area contributed by atoms with E-state index in [4.69, 9.17) is 4.74 Å².